The zero-order valence-corrected chi connectivity index (χ0v) is 17.2. The van der Waals surface area contributed by atoms with Crippen LogP contribution in [0.2, 0.25) is 5.02 Å². The minimum absolute atomic E-state index is 0.161. The van der Waals surface area contributed by atoms with Crippen LogP contribution in [0.3, 0.4) is 0 Å². The maximum Gasteiger partial charge on any atom is 0.252 e. The molecule has 3 aromatic rings. The molecule has 0 saturated carbocycles. The quantitative estimate of drug-likeness (QED) is 0.615. The van der Waals surface area contributed by atoms with Crippen molar-refractivity contribution in [2.45, 2.75) is 33.9 Å². The highest BCUT2D eigenvalue weighted by Gasteiger charge is 2.15. The van der Waals surface area contributed by atoms with E-state index in [1.165, 1.54) is 5.56 Å². The van der Waals surface area contributed by atoms with Crippen molar-refractivity contribution >= 4 is 23.2 Å². The molecule has 0 aliphatic carbocycles. The lowest BCUT2D eigenvalue weighted by atomic mass is 10.1. The van der Waals surface area contributed by atoms with Gasteiger partial charge in [-0.15, -0.1) is 0 Å². The summed E-state index contributed by atoms with van der Waals surface area (Å²) in [5, 5.41) is 6.76. The van der Waals surface area contributed by atoms with Gasteiger partial charge in [0, 0.05) is 35.6 Å². The van der Waals surface area contributed by atoms with E-state index in [0.29, 0.717) is 23.7 Å². The molecule has 0 aliphatic rings. The molecule has 5 nitrogen and oxygen atoms in total. The largest absolute Gasteiger partial charge is 0.385 e. The van der Waals surface area contributed by atoms with Gasteiger partial charge in [0.1, 0.15) is 5.82 Å². The number of halogens is 1. The van der Waals surface area contributed by atoms with Crippen molar-refractivity contribution < 1.29 is 4.79 Å². The molecule has 2 N–H and O–H groups in total. The van der Waals surface area contributed by atoms with Gasteiger partial charge in [-0.05, 0) is 44.0 Å². The van der Waals surface area contributed by atoms with Crippen LogP contribution in [0.1, 0.15) is 39.9 Å². The van der Waals surface area contributed by atoms with E-state index >= 15 is 0 Å². The fourth-order valence-electron chi connectivity index (χ4n) is 3.20. The van der Waals surface area contributed by atoms with Crippen LogP contribution in [-0.2, 0) is 13.1 Å². The number of anilines is 1. The molecule has 6 heteroatoms. The second-order valence-corrected chi connectivity index (χ2v) is 7.19. The number of nitrogens with one attached hydrogen (secondary N) is 2. The van der Waals surface area contributed by atoms with Gasteiger partial charge in [0.05, 0.1) is 12.2 Å². The summed E-state index contributed by atoms with van der Waals surface area (Å²) >= 11 is 6.20. The molecule has 1 aromatic heterocycles. The fraction of sp³-hybridized carbons (Fsp3) is 0.273. The molecule has 0 unspecified atom stereocenters. The second kappa shape index (κ2) is 8.93. The van der Waals surface area contributed by atoms with Gasteiger partial charge in [-0.25, -0.2) is 4.98 Å². The van der Waals surface area contributed by atoms with Crippen molar-refractivity contribution in [1.82, 2.24) is 14.9 Å². The summed E-state index contributed by atoms with van der Waals surface area (Å²) in [5.74, 6) is 0.660. The summed E-state index contributed by atoms with van der Waals surface area (Å²) in [6, 6.07) is 13.7. The number of nitrogens with zero attached hydrogens (tertiary/aromatic N) is 2. The van der Waals surface area contributed by atoms with Crippen molar-refractivity contribution in [2.75, 3.05) is 11.9 Å². The molecule has 0 atom stereocenters. The van der Waals surface area contributed by atoms with Gasteiger partial charge >= 0.3 is 0 Å². The Kier molecular flexibility index (Phi) is 6.37. The van der Waals surface area contributed by atoms with Crippen molar-refractivity contribution in [3.63, 3.8) is 0 Å². The number of aromatic nitrogens is 2. The first-order valence-corrected chi connectivity index (χ1v) is 9.74. The fourth-order valence-corrected chi connectivity index (χ4v) is 3.42. The van der Waals surface area contributed by atoms with E-state index in [-0.39, 0.29) is 5.91 Å². The first kappa shape index (κ1) is 20.0. The van der Waals surface area contributed by atoms with E-state index in [9.17, 15) is 4.79 Å². The third-order valence-corrected chi connectivity index (χ3v) is 4.78. The van der Waals surface area contributed by atoms with E-state index < -0.39 is 0 Å². The smallest absolute Gasteiger partial charge is 0.252 e. The Morgan fingerprint density at radius 3 is 2.64 bits per heavy atom. The number of benzene rings is 2. The van der Waals surface area contributed by atoms with Crippen molar-refractivity contribution in [2.24, 2.45) is 0 Å². The monoisotopic (exact) mass is 396 g/mol. The number of amides is 1. The van der Waals surface area contributed by atoms with Gasteiger partial charge in [0.2, 0.25) is 0 Å². The summed E-state index contributed by atoms with van der Waals surface area (Å²) in [7, 11) is 0. The summed E-state index contributed by atoms with van der Waals surface area (Å²) in [6.45, 7) is 7.71. The van der Waals surface area contributed by atoms with Crippen LogP contribution in [0.25, 0.3) is 0 Å². The minimum Gasteiger partial charge on any atom is -0.385 e. The molecule has 0 bridgehead atoms. The number of hydrogen-bond donors (Lipinski definition) is 2. The van der Waals surface area contributed by atoms with Gasteiger partial charge in [-0.1, -0.05) is 41.9 Å². The van der Waals surface area contributed by atoms with Gasteiger partial charge in [-0.2, -0.15) is 0 Å². The summed E-state index contributed by atoms with van der Waals surface area (Å²) in [4.78, 5) is 17.4. The maximum absolute atomic E-state index is 12.8. The van der Waals surface area contributed by atoms with Gasteiger partial charge in [0.25, 0.3) is 5.91 Å². The molecular weight excluding hydrogens is 372 g/mol. The van der Waals surface area contributed by atoms with Crippen LogP contribution in [-0.4, -0.2) is 22.0 Å². The zero-order chi connectivity index (χ0) is 20.1. The lowest BCUT2D eigenvalue weighted by Gasteiger charge is -2.14. The molecule has 0 saturated heterocycles. The highest BCUT2D eigenvalue weighted by molar-refractivity contribution is 6.31. The van der Waals surface area contributed by atoms with E-state index in [2.05, 4.69) is 32.3 Å². The number of aryl methyl sites for hydroxylation is 1. The van der Waals surface area contributed by atoms with E-state index in [1.807, 2.05) is 51.2 Å². The molecular formula is C22H25ClN4O. The molecule has 0 aliphatic heterocycles. The first-order valence-electron chi connectivity index (χ1n) is 9.36. The first-order chi connectivity index (χ1) is 13.5. The van der Waals surface area contributed by atoms with Crippen LogP contribution < -0.4 is 10.6 Å². The SMILES string of the molecule is CCNc1cc(Cl)cc(C(=O)NCc2nc(C)cn2Cc2ccccc2)c1C. The Morgan fingerprint density at radius 1 is 1.18 bits per heavy atom. The molecule has 28 heavy (non-hydrogen) atoms. The van der Waals surface area contributed by atoms with Gasteiger partial charge in [0.15, 0.2) is 0 Å². The van der Waals surface area contributed by atoms with Crippen molar-refractivity contribution in [1.29, 1.82) is 0 Å². The van der Waals surface area contributed by atoms with E-state index in [1.54, 1.807) is 6.07 Å². The Labute approximate surface area is 170 Å². The summed E-state index contributed by atoms with van der Waals surface area (Å²) in [5.41, 5.74) is 4.44. The number of hydrogen-bond acceptors (Lipinski definition) is 3. The van der Waals surface area contributed by atoms with Gasteiger partial charge in [-0.3, -0.25) is 4.79 Å². The molecule has 0 fully saturated rings. The van der Waals surface area contributed by atoms with Crippen LogP contribution in [0.15, 0.2) is 48.7 Å². The van der Waals surface area contributed by atoms with Gasteiger partial charge < -0.3 is 15.2 Å². The molecule has 1 heterocycles. The van der Waals surface area contributed by atoms with Crippen LogP contribution in [0, 0.1) is 13.8 Å². The molecule has 2 aromatic carbocycles. The van der Waals surface area contributed by atoms with Crippen molar-refractivity contribution in [3.8, 4) is 0 Å². The highest BCUT2D eigenvalue weighted by Crippen LogP contribution is 2.25. The summed E-state index contributed by atoms with van der Waals surface area (Å²) < 4.78 is 2.07. The molecule has 3 rings (SSSR count). The number of imidazole rings is 1. The average molecular weight is 397 g/mol. The predicted molar refractivity (Wildman–Crippen MR) is 114 cm³/mol. The third-order valence-electron chi connectivity index (χ3n) is 4.57. The van der Waals surface area contributed by atoms with Crippen LogP contribution in [0.5, 0.6) is 0 Å². The Bertz CT molecular complexity index is 966. The molecule has 1 amide bonds. The third kappa shape index (κ3) is 4.73. The average Bonchev–Trinajstić information content (AvgIpc) is 3.02. The molecule has 0 radical (unpaired) electrons. The Balaban J connectivity index is 1.75. The second-order valence-electron chi connectivity index (χ2n) is 6.75. The predicted octanol–water partition coefficient (Wildman–Crippen LogP) is 4.56. The lowest BCUT2D eigenvalue weighted by molar-refractivity contribution is 0.0949. The Morgan fingerprint density at radius 2 is 1.93 bits per heavy atom. The standard InChI is InChI=1S/C22H25ClN4O/c1-4-24-20-11-18(23)10-19(16(20)3)22(28)25-12-21-26-15(2)13-27(21)14-17-8-6-5-7-9-17/h5-11,13,24H,4,12,14H2,1-3H3,(H,25,28). The number of carbonyl (C=O) groups is 1. The normalized spacial score (nSPS) is 10.7. The lowest BCUT2D eigenvalue weighted by Crippen LogP contribution is -2.26. The van der Waals surface area contributed by atoms with E-state index in [0.717, 1.165) is 29.3 Å². The molecule has 146 valence electrons. The highest BCUT2D eigenvalue weighted by atomic mass is 35.5. The number of rotatable bonds is 7. The van der Waals surface area contributed by atoms with Crippen LogP contribution in [0.4, 0.5) is 5.69 Å². The minimum atomic E-state index is -0.161. The maximum atomic E-state index is 12.8. The molecule has 0 spiro atoms. The topological polar surface area (TPSA) is 59.0 Å². The zero-order valence-electron chi connectivity index (χ0n) is 16.4. The van der Waals surface area contributed by atoms with Crippen molar-refractivity contribution in [3.05, 3.63) is 81.9 Å². The van der Waals surface area contributed by atoms with E-state index in [4.69, 9.17) is 11.6 Å². The Hall–Kier alpha value is -2.79. The number of carbonyl (C=O) groups excluding carboxylic acids is 1. The summed E-state index contributed by atoms with van der Waals surface area (Å²) in [6.07, 6.45) is 2.00. The van der Waals surface area contributed by atoms with Crippen LogP contribution >= 0.6 is 11.6 Å².